The summed E-state index contributed by atoms with van der Waals surface area (Å²) in [5.41, 5.74) is -2.94. The van der Waals surface area contributed by atoms with Gasteiger partial charge in [0.05, 0.1) is 16.8 Å². The highest BCUT2D eigenvalue weighted by Crippen LogP contribution is 2.26. The van der Waals surface area contributed by atoms with Crippen LogP contribution in [-0.4, -0.2) is 26.7 Å². The van der Waals surface area contributed by atoms with Crippen LogP contribution in [0.3, 0.4) is 0 Å². The van der Waals surface area contributed by atoms with Crippen molar-refractivity contribution in [1.82, 2.24) is 15.2 Å². The molecule has 0 bridgehead atoms. The zero-order valence-electron chi connectivity index (χ0n) is 12.9. The van der Waals surface area contributed by atoms with Gasteiger partial charge in [0.1, 0.15) is 5.75 Å². The first-order valence-electron chi connectivity index (χ1n) is 7.21. The molecule has 0 fully saturated rings. The molecule has 0 saturated carbocycles. The highest BCUT2D eigenvalue weighted by Gasteiger charge is 2.27. The van der Waals surface area contributed by atoms with Gasteiger partial charge in [-0.3, -0.25) is 14.7 Å². The number of rotatable bonds is 5. The molecule has 0 spiro atoms. The number of benzene rings is 1. The summed E-state index contributed by atoms with van der Waals surface area (Å²) < 4.78 is 29.3. The van der Waals surface area contributed by atoms with Crippen LogP contribution < -0.4 is 15.6 Å². The second kappa shape index (κ2) is 6.96. The van der Waals surface area contributed by atoms with Gasteiger partial charge in [0, 0.05) is 29.7 Å². The Balaban J connectivity index is 1.76. The van der Waals surface area contributed by atoms with Crippen molar-refractivity contribution >= 4 is 23.2 Å². The van der Waals surface area contributed by atoms with Gasteiger partial charge in [-0.25, -0.2) is 0 Å². The van der Waals surface area contributed by atoms with Crippen molar-refractivity contribution < 1.29 is 18.3 Å². The highest BCUT2D eigenvalue weighted by atomic mass is 35.5. The molecule has 2 heterocycles. The van der Waals surface area contributed by atoms with Crippen molar-refractivity contribution in [2.75, 3.05) is 5.32 Å². The Bertz CT molecular complexity index is 966. The number of nitrogens with zero attached hydrogens (tertiary/aromatic N) is 1. The molecule has 2 aromatic heterocycles. The van der Waals surface area contributed by atoms with Gasteiger partial charge in [0.15, 0.2) is 0 Å². The van der Waals surface area contributed by atoms with Gasteiger partial charge >= 0.3 is 5.57 Å². The molecule has 3 N–H and O–H groups in total. The first-order chi connectivity index (χ1) is 12.3. The second-order valence-corrected chi connectivity index (χ2v) is 5.57. The van der Waals surface area contributed by atoms with Crippen molar-refractivity contribution in [3.8, 4) is 17.0 Å². The molecule has 0 unspecified atom stereocenters. The molecule has 0 radical (unpaired) electrons. The number of pyridine rings is 1. The van der Waals surface area contributed by atoms with Crippen molar-refractivity contribution in [2.24, 2.45) is 0 Å². The third-order valence-corrected chi connectivity index (χ3v) is 3.38. The summed E-state index contributed by atoms with van der Waals surface area (Å²) in [6, 6.07) is 8.21. The summed E-state index contributed by atoms with van der Waals surface area (Å²) in [4.78, 5) is 26.7. The lowest BCUT2D eigenvalue weighted by molar-refractivity contribution is -0.0964. The van der Waals surface area contributed by atoms with E-state index in [4.69, 9.17) is 0 Å². The van der Waals surface area contributed by atoms with E-state index < -0.39 is 11.5 Å². The fourth-order valence-electron chi connectivity index (χ4n) is 2.16. The molecule has 7 nitrogen and oxygen atoms in total. The number of halogens is 3. The molecule has 0 saturated heterocycles. The maximum atomic E-state index is 12.6. The summed E-state index contributed by atoms with van der Waals surface area (Å²) in [6.45, 7) is 0. The highest BCUT2D eigenvalue weighted by molar-refractivity contribution is 6.20. The van der Waals surface area contributed by atoms with Crippen LogP contribution in [0.1, 0.15) is 10.4 Å². The number of anilines is 1. The number of alkyl halides is 3. The minimum atomic E-state index is -3.82. The van der Waals surface area contributed by atoms with Crippen molar-refractivity contribution in [1.29, 1.82) is 0 Å². The monoisotopic (exact) mass is 380 g/mol. The second-order valence-electron chi connectivity index (χ2n) is 5.13. The Morgan fingerprint density at radius 3 is 2.58 bits per heavy atom. The lowest BCUT2D eigenvalue weighted by Gasteiger charge is -2.11. The Kier molecular flexibility index (Phi) is 4.72. The Hall–Kier alpha value is -3.20. The van der Waals surface area contributed by atoms with E-state index in [2.05, 4.69) is 36.8 Å². The van der Waals surface area contributed by atoms with E-state index in [-0.39, 0.29) is 22.4 Å². The fourth-order valence-corrected chi connectivity index (χ4v) is 2.25. The Morgan fingerprint density at radius 1 is 1.23 bits per heavy atom. The minimum Gasteiger partial charge on any atom is -0.420 e. The van der Waals surface area contributed by atoms with Gasteiger partial charge in [0.25, 0.3) is 11.5 Å². The van der Waals surface area contributed by atoms with Crippen LogP contribution in [0.15, 0.2) is 53.6 Å². The van der Waals surface area contributed by atoms with Crippen molar-refractivity contribution in [3.05, 3.63) is 64.7 Å². The molecule has 26 heavy (non-hydrogen) atoms. The fraction of sp³-hybridized carbons (Fsp3) is 0.0625. The molecule has 134 valence electrons. The van der Waals surface area contributed by atoms with Gasteiger partial charge in [-0.1, -0.05) is 0 Å². The molecule has 3 rings (SSSR count). The molecule has 1 aromatic carbocycles. The van der Waals surface area contributed by atoms with Gasteiger partial charge < -0.3 is 15.0 Å². The predicted octanol–water partition coefficient (Wildman–Crippen LogP) is 3.19. The Morgan fingerprint density at radius 2 is 1.96 bits per heavy atom. The van der Waals surface area contributed by atoms with Crippen molar-refractivity contribution in [2.45, 2.75) is 5.57 Å². The van der Waals surface area contributed by atoms with Crippen LogP contribution in [-0.2, 0) is 0 Å². The van der Waals surface area contributed by atoms with E-state index in [9.17, 15) is 18.4 Å². The number of carbonyl (C=O) groups excluding carboxylic acids is 1. The number of nitrogens with one attached hydrogen (secondary N) is 3. The van der Waals surface area contributed by atoms with E-state index >= 15 is 0 Å². The molecule has 1 amide bonds. The molecule has 10 heteroatoms. The van der Waals surface area contributed by atoms with Crippen LogP contribution in [0.4, 0.5) is 14.5 Å². The third kappa shape index (κ3) is 4.25. The summed E-state index contributed by atoms with van der Waals surface area (Å²) in [5.74, 6) is -0.660. The Labute approximate surface area is 150 Å². The molecule has 0 aliphatic rings. The van der Waals surface area contributed by atoms with E-state index in [1.54, 1.807) is 6.07 Å². The lowest BCUT2D eigenvalue weighted by atomic mass is 10.1. The van der Waals surface area contributed by atoms with Gasteiger partial charge in [-0.15, -0.1) is 8.78 Å². The first kappa shape index (κ1) is 17.6. The quantitative estimate of drug-likeness (QED) is 0.592. The van der Waals surface area contributed by atoms with Crippen molar-refractivity contribution in [3.63, 3.8) is 0 Å². The molecule has 0 aliphatic heterocycles. The number of aromatic amines is 2. The van der Waals surface area contributed by atoms with Crippen LogP contribution in [0.5, 0.6) is 5.75 Å². The van der Waals surface area contributed by atoms with Crippen LogP contribution in [0.2, 0.25) is 0 Å². The van der Waals surface area contributed by atoms with E-state index in [0.29, 0.717) is 11.4 Å². The van der Waals surface area contributed by atoms with E-state index in [1.807, 2.05) is 0 Å². The minimum absolute atomic E-state index is 0.159. The number of aromatic nitrogens is 3. The predicted molar refractivity (Wildman–Crippen MR) is 90.5 cm³/mol. The van der Waals surface area contributed by atoms with E-state index in [0.717, 1.165) is 0 Å². The maximum Gasteiger partial charge on any atom is 0.487 e. The smallest absolute Gasteiger partial charge is 0.420 e. The maximum absolute atomic E-state index is 12.6. The standard InChI is InChI=1S/C16H11ClF2N4O3/c17-16(18,19)26-11-3-1-10(2-4-11)22-14(24)9-7-12(15(25)20-8-9)13-5-6-21-23-13/h1-8H,(H,20,25)(H,21,23)(H,22,24). The van der Waals surface area contributed by atoms with Gasteiger partial charge in [0.2, 0.25) is 0 Å². The van der Waals surface area contributed by atoms with Gasteiger partial charge in [-0.05, 0) is 36.4 Å². The average molecular weight is 381 g/mol. The topological polar surface area (TPSA) is 99.9 Å². The number of ether oxygens (including phenoxy) is 1. The number of carbonyl (C=O) groups is 1. The van der Waals surface area contributed by atoms with Gasteiger partial charge in [-0.2, -0.15) is 5.10 Å². The molecule has 0 atom stereocenters. The largest absolute Gasteiger partial charge is 0.487 e. The zero-order valence-corrected chi connectivity index (χ0v) is 13.7. The van der Waals surface area contributed by atoms with Crippen LogP contribution in [0.25, 0.3) is 11.3 Å². The molecular formula is C16H11ClF2N4O3. The first-order valence-corrected chi connectivity index (χ1v) is 7.59. The molecule has 3 aromatic rings. The SMILES string of the molecule is O=C(Nc1ccc(OC(F)(F)Cl)cc1)c1c[nH]c(=O)c(-c2ccn[nH]2)c1. The number of hydrogen-bond acceptors (Lipinski definition) is 4. The summed E-state index contributed by atoms with van der Waals surface area (Å²) in [5, 5.41) is 8.99. The zero-order chi connectivity index (χ0) is 18.7. The number of hydrogen-bond donors (Lipinski definition) is 3. The van der Waals surface area contributed by atoms with Crippen LogP contribution >= 0.6 is 11.6 Å². The number of H-pyrrole nitrogens is 2. The number of amides is 1. The van der Waals surface area contributed by atoms with Crippen LogP contribution in [0, 0.1) is 0 Å². The molecule has 0 aliphatic carbocycles. The van der Waals surface area contributed by atoms with E-state index in [1.165, 1.54) is 42.7 Å². The lowest BCUT2D eigenvalue weighted by Crippen LogP contribution is -2.17. The normalized spacial score (nSPS) is 11.2. The summed E-state index contributed by atoms with van der Waals surface area (Å²) >= 11 is 4.68. The summed E-state index contributed by atoms with van der Waals surface area (Å²) in [7, 11) is 0. The average Bonchev–Trinajstić information content (AvgIpc) is 3.10. The summed E-state index contributed by atoms with van der Waals surface area (Å²) in [6.07, 6.45) is 2.75. The third-order valence-electron chi connectivity index (χ3n) is 3.30. The molecular weight excluding hydrogens is 370 g/mol.